The second-order valence-electron chi connectivity index (χ2n) is 8.76. The highest BCUT2D eigenvalue weighted by atomic mass is 16.4. The molecular formula is C23H30N2O3. The normalized spacial score (nSPS) is 24.9. The number of nitrogens with zero attached hydrogens (tertiary/aromatic N) is 2. The van der Waals surface area contributed by atoms with E-state index in [-0.39, 0.29) is 30.1 Å². The van der Waals surface area contributed by atoms with Crippen molar-refractivity contribution >= 4 is 17.6 Å². The lowest BCUT2D eigenvalue weighted by atomic mass is 9.77. The molecule has 2 fully saturated rings. The summed E-state index contributed by atoms with van der Waals surface area (Å²) in [6.07, 6.45) is 5.88. The highest BCUT2D eigenvalue weighted by Gasteiger charge is 2.37. The number of aliphatic imine (C=N–C) groups is 1. The van der Waals surface area contributed by atoms with E-state index >= 15 is 0 Å². The van der Waals surface area contributed by atoms with Crippen molar-refractivity contribution in [1.82, 2.24) is 4.90 Å². The van der Waals surface area contributed by atoms with Gasteiger partial charge in [-0.2, -0.15) is 0 Å². The summed E-state index contributed by atoms with van der Waals surface area (Å²) in [5.74, 6) is 0.0226. The first kappa shape index (κ1) is 19.2. The van der Waals surface area contributed by atoms with Crippen molar-refractivity contribution in [2.75, 3.05) is 19.6 Å². The summed E-state index contributed by atoms with van der Waals surface area (Å²) in [4.78, 5) is 31.0. The maximum atomic E-state index is 12.8. The van der Waals surface area contributed by atoms with E-state index in [1.807, 2.05) is 4.90 Å². The first-order valence-corrected chi connectivity index (χ1v) is 10.6. The Bertz CT molecular complexity index is 797. The topological polar surface area (TPSA) is 70.0 Å². The highest BCUT2D eigenvalue weighted by Crippen LogP contribution is 2.35. The number of amides is 1. The Labute approximate surface area is 166 Å². The molecular weight excluding hydrogens is 352 g/mol. The first-order chi connectivity index (χ1) is 13.5. The van der Waals surface area contributed by atoms with Crippen molar-refractivity contribution in [1.29, 1.82) is 0 Å². The molecule has 1 aromatic rings. The van der Waals surface area contributed by atoms with E-state index in [1.54, 1.807) is 0 Å². The van der Waals surface area contributed by atoms with Crippen LogP contribution in [0.3, 0.4) is 0 Å². The zero-order valence-electron chi connectivity index (χ0n) is 16.7. The van der Waals surface area contributed by atoms with Gasteiger partial charge in [0, 0.05) is 37.7 Å². The zero-order valence-corrected chi connectivity index (χ0v) is 16.7. The van der Waals surface area contributed by atoms with Crippen LogP contribution in [0.2, 0.25) is 0 Å². The quantitative estimate of drug-likeness (QED) is 0.848. The summed E-state index contributed by atoms with van der Waals surface area (Å²) < 4.78 is 0. The van der Waals surface area contributed by atoms with Crippen LogP contribution in [0.25, 0.3) is 0 Å². The van der Waals surface area contributed by atoms with E-state index < -0.39 is 5.97 Å². The molecule has 1 saturated heterocycles. The van der Waals surface area contributed by atoms with Gasteiger partial charge in [0.1, 0.15) is 0 Å². The third-order valence-corrected chi connectivity index (χ3v) is 6.81. The number of rotatable bonds is 5. The molecule has 0 radical (unpaired) electrons. The molecule has 0 aromatic heterocycles. The second kappa shape index (κ2) is 8.06. The lowest BCUT2D eigenvalue weighted by Crippen LogP contribution is -2.48. The molecule has 5 nitrogen and oxygen atoms in total. The average molecular weight is 383 g/mol. The smallest absolute Gasteiger partial charge is 0.303 e. The molecule has 1 aromatic carbocycles. The van der Waals surface area contributed by atoms with Crippen LogP contribution < -0.4 is 0 Å². The van der Waals surface area contributed by atoms with Gasteiger partial charge in [0.15, 0.2) is 0 Å². The third kappa shape index (κ3) is 3.98. The summed E-state index contributed by atoms with van der Waals surface area (Å²) in [6.45, 7) is 4.27. The van der Waals surface area contributed by atoms with E-state index in [1.165, 1.54) is 16.7 Å². The van der Waals surface area contributed by atoms with Gasteiger partial charge in [0.05, 0.1) is 0 Å². The number of carboxylic acid groups (broad SMARTS) is 1. The van der Waals surface area contributed by atoms with Gasteiger partial charge in [-0.1, -0.05) is 24.1 Å². The van der Waals surface area contributed by atoms with E-state index in [4.69, 9.17) is 4.99 Å². The van der Waals surface area contributed by atoms with Gasteiger partial charge in [-0.3, -0.25) is 14.6 Å². The van der Waals surface area contributed by atoms with Crippen molar-refractivity contribution in [2.24, 2.45) is 22.7 Å². The molecule has 1 amide bonds. The van der Waals surface area contributed by atoms with Crippen molar-refractivity contribution in [3.8, 4) is 0 Å². The first-order valence-electron chi connectivity index (χ1n) is 10.6. The lowest BCUT2D eigenvalue weighted by Gasteiger charge is -2.41. The van der Waals surface area contributed by atoms with E-state index in [0.717, 1.165) is 50.8 Å². The van der Waals surface area contributed by atoms with Gasteiger partial charge in [0.2, 0.25) is 5.91 Å². The van der Waals surface area contributed by atoms with Crippen molar-refractivity contribution in [3.05, 3.63) is 34.9 Å². The van der Waals surface area contributed by atoms with Crippen LogP contribution in [0.15, 0.2) is 23.2 Å². The van der Waals surface area contributed by atoms with Crippen molar-refractivity contribution in [3.63, 3.8) is 0 Å². The number of hydrogen-bond donors (Lipinski definition) is 1. The molecule has 1 N–H and O–H groups in total. The molecule has 2 heterocycles. The van der Waals surface area contributed by atoms with Crippen LogP contribution in [0, 0.1) is 24.7 Å². The molecule has 5 heteroatoms. The number of aryl methyl sites for hydroxylation is 1. The van der Waals surface area contributed by atoms with Crippen LogP contribution in [0.4, 0.5) is 0 Å². The van der Waals surface area contributed by atoms with Crippen LogP contribution in [-0.2, 0) is 16.0 Å². The minimum atomic E-state index is -0.740. The van der Waals surface area contributed by atoms with Crippen LogP contribution in [-0.4, -0.2) is 47.2 Å². The van der Waals surface area contributed by atoms with Gasteiger partial charge >= 0.3 is 5.97 Å². The number of carbonyl (C=O) groups excluding carboxylic acids is 1. The third-order valence-electron chi connectivity index (χ3n) is 6.81. The summed E-state index contributed by atoms with van der Waals surface area (Å²) in [5.41, 5.74) is 4.88. The number of aliphatic carboxylic acids is 1. The molecule has 4 rings (SSSR count). The van der Waals surface area contributed by atoms with Gasteiger partial charge < -0.3 is 10.0 Å². The fourth-order valence-corrected chi connectivity index (χ4v) is 4.91. The molecule has 150 valence electrons. The zero-order chi connectivity index (χ0) is 19.7. The molecule has 0 spiro atoms. The largest absolute Gasteiger partial charge is 0.481 e. The van der Waals surface area contributed by atoms with E-state index in [0.29, 0.717) is 13.1 Å². The number of carboxylic acids is 1. The fourth-order valence-electron chi connectivity index (χ4n) is 4.91. The number of carbonyl (C=O) groups is 2. The molecule has 1 aliphatic carbocycles. The van der Waals surface area contributed by atoms with Gasteiger partial charge in [-0.15, -0.1) is 0 Å². The number of fused-ring (bicyclic) bond motifs is 1. The molecule has 0 bridgehead atoms. The van der Waals surface area contributed by atoms with Crippen LogP contribution >= 0.6 is 0 Å². The maximum absolute atomic E-state index is 12.8. The van der Waals surface area contributed by atoms with Crippen molar-refractivity contribution in [2.45, 2.75) is 51.9 Å². The lowest BCUT2D eigenvalue weighted by molar-refractivity contribution is -0.142. The Morgan fingerprint density at radius 3 is 2.75 bits per heavy atom. The molecule has 3 aliphatic rings. The Hall–Kier alpha value is -2.17. The van der Waals surface area contributed by atoms with Gasteiger partial charge in [-0.05, 0) is 68.1 Å². The van der Waals surface area contributed by atoms with E-state index in [9.17, 15) is 14.7 Å². The average Bonchev–Trinajstić information content (AvgIpc) is 2.61. The van der Waals surface area contributed by atoms with Crippen molar-refractivity contribution < 1.29 is 14.7 Å². The molecule has 28 heavy (non-hydrogen) atoms. The second-order valence-corrected chi connectivity index (χ2v) is 8.76. The predicted octanol–water partition coefficient (Wildman–Crippen LogP) is 3.47. The minimum Gasteiger partial charge on any atom is -0.481 e. The summed E-state index contributed by atoms with van der Waals surface area (Å²) >= 11 is 0. The fraction of sp³-hybridized carbons (Fsp3) is 0.609. The predicted molar refractivity (Wildman–Crippen MR) is 109 cm³/mol. The molecule has 2 unspecified atom stereocenters. The Balaban J connectivity index is 1.53. The number of piperidine rings is 1. The standard InChI is InChI=1S/C23H30N2O3/c1-15-5-6-16-7-9-24-21(20(16)11-15)12-19-14-25(23(28)17-3-2-4-17)10-8-18(19)13-22(26)27/h5-6,11,17-19H,2-4,7-10,12-14H2,1H3,(H,26,27). The van der Waals surface area contributed by atoms with Gasteiger partial charge in [-0.25, -0.2) is 0 Å². The Morgan fingerprint density at radius 1 is 1.21 bits per heavy atom. The number of likely N-dealkylation sites (tertiary alicyclic amines) is 1. The Kier molecular flexibility index (Phi) is 5.51. The summed E-state index contributed by atoms with van der Waals surface area (Å²) in [7, 11) is 0. The minimum absolute atomic E-state index is 0.112. The molecule has 1 saturated carbocycles. The SMILES string of the molecule is Cc1ccc2c(c1)C(CC1CN(C(=O)C3CCC3)CCC1CC(=O)O)=NCC2. The monoisotopic (exact) mass is 382 g/mol. The summed E-state index contributed by atoms with van der Waals surface area (Å²) in [6, 6.07) is 6.55. The number of benzene rings is 1. The van der Waals surface area contributed by atoms with Gasteiger partial charge in [0.25, 0.3) is 0 Å². The molecule has 2 atom stereocenters. The maximum Gasteiger partial charge on any atom is 0.303 e. The Morgan fingerprint density at radius 2 is 2.04 bits per heavy atom. The summed E-state index contributed by atoms with van der Waals surface area (Å²) in [5, 5.41) is 9.38. The van der Waals surface area contributed by atoms with Crippen LogP contribution in [0.5, 0.6) is 0 Å². The number of hydrogen-bond acceptors (Lipinski definition) is 3. The molecule has 2 aliphatic heterocycles. The highest BCUT2D eigenvalue weighted by molar-refractivity contribution is 6.03. The van der Waals surface area contributed by atoms with Crippen LogP contribution in [0.1, 0.15) is 55.2 Å². The van der Waals surface area contributed by atoms with E-state index in [2.05, 4.69) is 25.1 Å².